The third-order valence-corrected chi connectivity index (χ3v) is 2.81. The van der Waals surface area contributed by atoms with Crippen molar-refractivity contribution in [2.24, 2.45) is 0 Å². The molecule has 0 aliphatic carbocycles. The van der Waals surface area contributed by atoms with E-state index in [0.29, 0.717) is 28.0 Å². The summed E-state index contributed by atoms with van der Waals surface area (Å²) in [5.41, 5.74) is 7.66. The molecule has 0 aliphatic rings. The van der Waals surface area contributed by atoms with Gasteiger partial charge in [-0.3, -0.25) is 9.36 Å². The first-order valence-electron chi connectivity index (χ1n) is 5.73. The lowest BCUT2D eigenvalue weighted by molar-refractivity contribution is 0.0956. The first-order valence-corrected chi connectivity index (χ1v) is 5.73. The van der Waals surface area contributed by atoms with Gasteiger partial charge in [0.2, 0.25) is 0 Å². The molecule has 98 valence electrons. The second kappa shape index (κ2) is 4.28. The van der Waals surface area contributed by atoms with Crippen molar-refractivity contribution in [2.75, 3.05) is 5.73 Å². The molecule has 5 heteroatoms. The SMILES string of the molecule is C=C(C)C(=O)n1c(=O)n(C(=C)C)c2cc(N)ccc21. The summed E-state index contributed by atoms with van der Waals surface area (Å²) in [6.45, 7) is 10.6. The van der Waals surface area contributed by atoms with Gasteiger partial charge in [-0.15, -0.1) is 0 Å². The van der Waals surface area contributed by atoms with E-state index >= 15 is 0 Å². The van der Waals surface area contributed by atoms with Crippen LogP contribution >= 0.6 is 0 Å². The van der Waals surface area contributed by atoms with E-state index < -0.39 is 11.6 Å². The minimum absolute atomic E-state index is 0.291. The molecule has 0 atom stereocenters. The molecule has 0 fully saturated rings. The number of imidazole rings is 1. The van der Waals surface area contributed by atoms with Crippen LogP contribution in [-0.4, -0.2) is 15.0 Å². The summed E-state index contributed by atoms with van der Waals surface area (Å²) in [5, 5.41) is 0. The number of carbonyl (C=O) groups is 1. The Morgan fingerprint density at radius 1 is 1.16 bits per heavy atom. The lowest BCUT2D eigenvalue weighted by Crippen LogP contribution is -2.28. The highest BCUT2D eigenvalue weighted by atomic mass is 16.2. The fourth-order valence-electron chi connectivity index (χ4n) is 1.97. The highest BCUT2D eigenvalue weighted by Gasteiger charge is 2.19. The fourth-order valence-corrected chi connectivity index (χ4v) is 1.97. The summed E-state index contributed by atoms with van der Waals surface area (Å²) in [7, 11) is 0. The van der Waals surface area contributed by atoms with Gasteiger partial charge in [-0.05, 0) is 32.0 Å². The standard InChI is InChI=1S/C14H15N3O2/c1-8(2)13(18)17-11-6-5-10(15)7-12(11)16(9(3)4)14(17)19/h5-7H,1,3,15H2,2,4H3. The molecule has 2 rings (SSSR count). The molecule has 0 amide bonds. The number of nitrogens with two attached hydrogens (primary N) is 1. The van der Waals surface area contributed by atoms with Gasteiger partial charge in [-0.1, -0.05) is 13.2 Å². The fraction of sp³-hybridized carbons (Fsp3) is 0.143. The van der Waals surface area contributed by atoms with Crippen molar-refractivity contribution < 1.29 is 4.79 Å². The first-order chi connectivity index (χ1) is 8.84. The second-order valence-corrected chi connectivity index (χ2v) is 4.52. The van der Waals surface area contributed by atoms with Gasteiger partial charge in [0.05, 0.1) is 11.0 Å². The van der Waals surface area contributed by atoms with Crippen LogP contribution in [0.2, 0.25) is 0 Å². The van der Waals surface area contributed by atoms with Gasteiger partial charge in [0.1, 0.15) is 0 Å². The van der Waals surface area contributed by atoms with Crippen LogP contribution < -0.4 is 11.4 Å². The van der Waals surface area contributed by atoms with Crippen LogP contribution in [0, 0.1) is 0 Å². The molecule has 1 aromatic heterocycles. The van der Waals surface area contributed by atoms with Crippen LogP contribution in [0.3, 0.4) is 0 Å². The van der Waals surface area contributed by atoms with Gasteiger partial charge in [0.15, 0.2) is 0 Å². The average molecular weight is 257 g/mol. The lowest BCUT2D eigenvalue weighted by atomic mass is 10.2. The van der Waals surface area contributed by atoms with Crippen molar-refractivity contribution in [3.8, 4) is 0 Å². The van der Waals surface area contributed by atoms with Crippen LogP contribution in [0.15, 0.2) is 41.7 Å². The summed E-state index contributed by atoms with van der Waals surface area (Å²) >= 11 is 0. The lowest BCUT2D eigenvalue weighted by Gasteiger charge is -2.01. The van der Waals surface area contributed by atoms with Gasteiger partial charge in [-0.25, -0.2) is 9.36 Å². The highest BCUT2D eigenvalue weighted by molar-refractivity contribution is 6.00. The summed E-state index contributed by atoms with van der Waals surface area (Å²) in [6.07, 6.45) is 0. The van der Waals surface area contributed by atoms with Crippen molar-refractivity contribution in [1.82, 2.24) is 9.13 Å². The number of benzene rings is 1. The second-order valence-electron chi connectivity index (χ2n) is 4.52. The van der Waals surface area contributed by atoms with Crippen LogP contribution in [0.25, 0.3) is 16.7 Å². The summed E-state index contributed by atoms with van der Waals surface area (Å²) in [5.74, 6) is -0.431. The van der Waals surface area contributed by atoms with E-state index in [-0.39, 0.29) is 0 Å². The molecule has 2 aromatic rings. The molecule has 0 aliphatic heterocycles. The van der Waals surface area contributed by atoms with Crippen molar-refractivity contribution in [1.29, 1.82) is 0 Å². The number of hydrogen-bond donors (Lipinski definition) is 1. The Morgan fingerprint density at radius 3 is 2.32 bits per heavy atom. The molecule has 19 heavy (non-hydrogen) atoms. The minimum Gasteiger partial charge on any atom is -0.399 e. The smallest absolute Gasteiger partial charge is 0.340 e. The normalized spacial score (nSPS) is 10.6. The van der Waals surface area contributed by atoms with Crippen molar-refractivity contribution in [3.05, 3.63) is 47.4 Å². The number of nitrogens with zero attached hydrogens (tertiary/aromatic N) is 2. The monoisotopic (exact) mass is 257 g/mol. The van der Waals surface area contributed by atoms with E-state index in [1.165, 1.54) is 4.57 Å². The Morgan fingerprint density at radius 2 is 1.79 bits per heavy atom. The predicted octanol–water partition coefficient (Wildman–Crippen LogP) is 2.09. The number of fused-ring (bicyclic) bond motifs is 1. The molecule has 0 spiro atoms. The van der Waals surface area contributed by atoms with Crippen molar-refractivity contribution in [3.63, 3.8) is 0 Å². The van der Waals surface area contributed by atoms with Gasteiger partial charge in [0, 0.05) is 17.0 Å². The van der Waals surface area contributed by atoms with Crippen molar-refractivity contribution >= 4 is 28.3 Å². The Kier molecular flexibility index (Phi) is 2.90. The maximum atomic E-state index is 12.3. The van der Waals surface area contributed by atoms with Crippen LogP contribution in [0.5, 0.6) is 0 Å². The van der Waals surface area contributed by atoms with Gasteiger partial charge >= 0.3 is 5.69 Å². The minimum atomic E-state index is -0.457. The zero-order chi connectivity index (χ0) is 14.3. The number of nitrogen functional groups attached to an aromatic ring is 1. The average Bonchev–Trinajstić information content (AvgIpc) is 2.59. The molecule has 0 saturated carbocycles. The van der Waals surface area contributed by atoms with E-state index in [1.807, 2.05) is 0 Å². The number of hydrogen-bond acceptors (Lipinski definition) is 3. The molecule has 5 nitrogen and oxygen atoms in total. The number of allylic oxidation sites excluding steroid dienone is 2. The number of carbonyl (C=O) groups excluding carboxylic acids is 1. The maximum absolute atomic E-state index is 12.3. The predicted molar refractivity (Wildman–Crippen MR) is 77.1 cm³/mol. The van der Waals surface area contributed by atoms with Gasteiger partial charge < -0.3 is 5.73 Å². The van der Waals surface area contributed by atoms with Gasteiger partial charge in [0.25, 0.3) is 5.91 Å². The summed E-state index contributed by atoms with van der Waals surface area (Å²) in [4.78, 5) is 24.4. The van der Waals surface area contributed by atoms with Gasteiger partial charge in [-0.2, -0.15) is 0 Å². The number of rotatable bonds is 2. The molecule has 1 heterocycles. The van der Waals surface area contributed by atoms with E-state index in [0.717, 1.165) is 4.57 Å². The first kappa shape index (κ1) is 12.9. The maximum Gasteiger partial charge on any atom is 0.340 e. The molecule has 1 aromatic carbocycles. The quantitative estimate of drug-likeness (QED) is 0.661. The molecule has 2 N–H and O–H groups in total. The summed E-state index contributed by atoms with van der Waals surface area (Å²) < 4.78 is 2.46. The van der Waals surface area contributed by atoms with E-state index in [1.54, 1.807) is 32.0 Å². The van der Waals surface area contributed by atoms with Crippen LogP contribution in [0.1, 0.15) is 18.6 Å². The highest BCUT2D eigenvalue weighted by Crippen LogP contribution is 2.19. The zero-order valence-corrected chi connectivity index (χ0v) is 10.9. The van der Waals surface area contributed by atoms with E-state index in [4.69, 9.17) is 5.73 Å². The molecular formula is C14H15N3O2. The van der Waals surface area contributed by atoms with E-state index in [2.05, 4.69) is 13.2 Å². The Bertz CT molecular complexity index is 778. The third kappa shape index (κ3) is 1.89. The topological polar surface area (TPSA) is 70.0 Å². The van der Waals surface area contributed by atoms with Crippen LogP contribution in [0.4, 0.5) is 5.69 Å². The number of anilines is 1. The van der Waals surface area contributed by atoms with E-state index in [9.17, 15) is 9.59 Å². The molecule has 0 bridgehead atoms. The van der Waals surface area contributed by atoms with Crippen LogP contribution in [-0.2, 0) is 0 Å². The Hall–Kier alpha value is -2.56. The Balaban J connectivity index is 2.97. The largest absolute Gasteiger partial charge is 0.399 e. The summed E-state index contributed by atoms with van der Waals surface area (Å²) in [6, 6.07) is 4.94. The molecule has 0 saturated heterocycles. The zero-order valence-electron chi connectivity index (χ0n) is 10.9. The third-order valence-electron chi connectivity index (χ3n) is 2.81. The molecule has 0 unspecified atom stereocenters. The molecular weight excluding hydrogens is 242 g/mol. The van der Waals surface area contributed by atoms with Crippen molar-refractivity contribution in [2.45, 2.75) is 13.8 Å². The Labute approximate surface area is 110 Å². The number of aromatic nitrogens is 2. The molecule has 0 radical (unpaired) electrons.